The molecule has 1 heterocycles. The van der Waals surface area contributed by atoms with Gasteiger partial charge in [0.05, 0.1) is 10.2 Å². The maximum absolute atomic E-state index is 13.6. The van der Waals surface area contributed by atoms with E-state index in [-0.39, 0.29) is 5.91 Å². The summed E-state index contributed by atoms with van der Waals surface area (Å²) in [5, 5.41) is 0.718. The third kappa shape index (κ3) is 4.98. The molecule has 0 saturated heterocycles. The van der Waals surface area contributed by atoms with Gasteiger partial charge in [0.25, 0.3) is 5.91 Å². The number of rotatable bonds is 7. The summed E-state index contributed by atoms with van der Waals surface area (Å²) >= 11 is 1.56. The second-order valence-corrected chi connectivity index (χ2v) is 9.14. The van der Waals surface area contributed by atoms with Gasteiger partial charge in [-0.05, 0) is 75.5 Å². The maximum Gasteiger partial charge on any atom is 0.260 e. The molecular weight excluding hydrogens is 418 g/mol. The summed E-state index contributed by atoms with van der Waals surface area (Å²) < 4.78 is 7.04. The molecule has 164 valence electrons. The van der Waals surface area contributed by atoms with Crippen molar-refractivity contribution in [3.63, 3.8) is 0 Å². The van der Waals surface area contributed by atoms with Crippen LogP contribution in [0.4, 0.5) is 5.13 Å². The van der Waals surface area contributed by atoms with Crippen molar-refractivity contribution in [1.82, 2.24) is 9.88 Å². The van der Waals surface area contributed by atoms with Crippen LogP contribution in [0.3, 0.4) is 0 Å². The van der Waals surface area contributed by atoms with Gasteiger partial charge in [0.1, 0.15) is 11.5 Å². The van der Waals surface area contributed by atoms with Gasteiger partial charge in [-0.1, -0.05) is 41.7 Å². The van der Waals surface area contributed by atoms with E-state index < -0.39 is 0 Å². The molecule has 0 aliphatic carbocycles. The van der Waals surface area contributed by atoms with Crippen molar-refractivity contribution in [3.05, 3.63) is 83.4 Å². The molecular formula is C26H27N3O2S. The van der Waals surface area contributed by atoms with Crippen LogP contribution in [0, 0.1) is 13.8 Å². The Morgan fingerprint density at radius 1 is 0.938 bits per heavy atom. The number of thiazole rings is 1. The number of hydrogen-bond donors (Lipinski definition) is 0. The molecule has 0 aliphatic rings. The number of aryl methyl sites for hydroxylation is 2. The highest BCUT2D eigenvalue weighted by molar-refractivity contribution is 7.22. The summed E-state index contributed by atoms with van der Waals surface area (Å²) in [5.41, 5.74) is 3.85. The molecule has 0 bridgehead atoms. The molecule has 0 atom stereocenters. The van der Waals surface area contributed by atoms with Crippen LogP contribution >= 0.6 is 11.3 Å². The molecule has 4 rings (SSSR count). The smallest absolute Gasteiger partial charge is 0.260 e. The molecule has 1 amide bonds. The number of carbonyl (C=O) groups is 1. The van der Waals surface area contributed by atoms with Crippen LogP contribution in [0.25, 0.3) is 10.2 Å². The summed E-state index contributed by atoms with van der Waals surface area (Å²) in [7, 11) is 4.01. The molecule has 5 nitrogen and oxygen atoms in total. The largest absolute Gasteiger partial charge is 0.457 e. The first kappa shape index (κ1) is 22.0. The van der Waals surface area contributed by atoms with Crippen LogP contribution in [0.2, 0.25) is 0 Å². The van der Waals surface area contributed by atoms with Crippen molar-refractivity contribution in [3.8, 4) is 11.5 Å². The van der Waals surface area contributed by atoms with Gasteiger partial charge in [-0.15, -0.1) is 0 Å². The third-order valence-corrected chi connectivity index (χ3v) is 6.15. The van der Waals surface area contributed by atoms with Crippen molar-refractivity contribution in [2.45, 2.75) is 13.8 Å². The van der Waals surface area contributed by atoms with E-state index in [4.69, 9.17) is 9.72 Å². The van der Waals surface area contributed by atoms with Crippen LogP contribution in [0.1, 0.15) is 21.5 Å². The molecule has 32 heavy (non-hydrogen) atoms. The van der Waals surface area contributed by atoms with Gasteiger partial charge >= 0.3 is 0 Å². The fraction of sp³-hybridized carbons (Fsp3) is 0.231. The molecule has 0 fully saturated rings. The molecule has 4 aromatic rings. The number of benzene rings is 3. The standard InChI is InChI=1S/C26H27N3O2S/c1-18-15-19(2)24-23(16-18)32-26(27-24)29(14-13-28(3)4)25(30)20-9-8-12-22(17-20)31-21-10-6-5-7-11-21/h5-12,15-17H,13-14H2,1-4H3. The highest BCUT2D eigenvalue weighted by Gasteiger charge is 2.22. The lowest BCUT2D eigenvalue weighted by Gasteiger charge is -2.22. The van der Waals surface area contributed by atoms with E-state index in [1.807, 2.05) is 62.6 Å². The molecule has 0 saturated carbocycles. The number of amides is 1. The lowest BCUT2D eigenvalue weighted by atomic mass is 10.1. The zero-order valence-corrected chi connectivity index (χ0v) is 19.6. The second kappa shape index (κ2) is 9.51. The quantitative estimate of drug-likeness (QED) is 0.355. The Labute approximate surface area is 192 Å². The lowest BCUT2D eigenvalue weighted by Crippen LogP contribution is -2.36. The summed E-state index contributed by atoms with van der Waals surface area (Å²) in [4.78, 5) is 22.3. The van der Waals surface area contributed by atoms with Crippen LogP contribution in [-0.2, 0) is 0 Å². The number of ether oxygens (including phenoxy) is 1. The molecule has 0 radical (unpaired) electrons. The predicted molar refractivity (Wildman–Crippen MR) is 132 cm³/mol. The van der Waals surface area contributed by atoms with Crippen molar-refractivity contribution in [2.75, 3.05) is 32.1 Å². The van der Waals surface area contributed by atoms with Crippen molar-refractivity contribution >= 4 is 32.6 Å². The fourth-order valence-electron chi connectivity index (χ4n) is 3.53. The predicted octanol–water partition coefficient (Wildman–Crippen LogP) is 5.91. The summed E-state index contributed by atoms with van der Waals surface area (Å²) in [5.74, 6) is 1.28. The lowest BCUT2D eigenvalue weighted by molar-refractivity contribution is 0.0985. The van der Waals surface area contributed by atoms with Gasteiger partial charge in [-0.3, -0.25) is 9.69 Å². The first-order valence-electron chi connectivity index (χ1n) is 10.6. The second-order valence-electron chi connectivity index (χ2n) is 8.13. The number of hydrogen-bond acceptors (Lipinski definition) is 5. The molecule has 3 aromatic carbocycles. The van der Waals surface area contributed by atoms with E-state index in [0.29, 0.717) is 17.9 Å². The number of para-hydroxylation sites is 1. The van der Waals surface area contributed by atoms with Crippen LogP contribution in [-0.4, -0.2) is 43.0 Å². The fourth-order valence-corrected chi connectivity index (χ4v) is 4.70. The van der Waals surface area contributed by atoms with Gasteiger partial charge in [0, 0.05) is 18.7 Å². The summed E-state index contributed by atoms with van der Waals surface area (Å²) in [6, 6.07) is 21.2. The van der Waals surface area contributed by atoms with Crippen LogP contribution < -0.4 is 9.64 Å². The number of likely N-dealkylation sites (N-methyl/N-ethyl adjacent to an activating group) is 1. The normalized spacial score (nSPS) is 11.2. The molecule has 6 heteroatoms. The number of carbonyl (C=O) groups excluding carboxylic acids is 1. The van der Waals surface area contributed by atoms with Gasteiger partial charge in [-0.25, -0.2) is 4.98 Å². The topological polar surface area (TPSA) is 45.7 Å². The highest BCUT2D eigenvalue weighted by Crippen LogP contribution is 2.33. The van der Waals surface area contributed by atoms with Crippen LogP contribution in [0.15, 0.2) is 66.7 Å². The van der Waals surface area contributed by atoms with E-state index in [0.717, 1.165) is 33.2 Å². The van der Waals surface area contributed by atoms with Crippen molar-refractivity contribution in [2.24, 2.45) is 0 Å². The van der Waals surface area contributed by atoms with E-state index in [9.17, 15) is 4.79 Å². The minimum atomic E-state index is -0.0845. The molecule has 0 N–H and O–H groups in total. The zero-order chi connectivity index (χ0) is 22.7. The van der Waals surface area contributed by atoms with Gasteiger partial charge in [0.15, 0.2) is 5.13 Å². The molecule has 0 unspecified atom stereocenters. The Kier molecular flexibility index (Phi) is 6.53. The van der Waals surface area contributed by atoms with E-state index in [1.54, 1.807) is 22.3 Å². The molecule has 1 aromatic heterocycles. The average molecular weight is 446 g/mol. The number of aromatic nitrogens is 1. The molecule has 0 aliphatic heterocycles. The van der Waals surface area contributed by atoms with E-state index in [2.05, 4.69) is 30.9 Å². The Morgan fingerprint density at radius 3 is 2.44 bits per heavy atom. The number of fused-ring (bicyclic) bond motifs is 1. The summed E-state index contributed by atoms with van der Waals surface area (Å²) in [6.07, 6.45) is 0. The van der Waals surface area contributed by atoms with Crippen molar-refractivity contribution in [1.29, 1.82) is 0 Å². The first-order chi connectivity index (χ1) is 15.4. The maximum atomic E-state index is 13.6. The van der Waals surface area contributed by atoms with Gasteiger partial charge < -0.3 is 9.64 Å². The van der Waals surface area contributed by atoms with Crippen LogP contribution in [0.5, 0.6) is 11.5 Å². The first-order valence-corrected chi connectivity index (χ1v) is 11.4. The van der Waals surface area contributed by atoms with Gasteiger partial charge in [0.2, 0.25) is 0 Å². The monoisotopic (exact) mass is 445 g/mol. The Morgan fingerprint density at radius 2 is 1.69 bits per heavy atom. The Hall–Kier alpha value is -3.22. The Balaban J connectivity index is 1.67. The van der Waals surface area contributed by atoms with Gasteiger partial charge in [-0.2, -0.15) is 0 Å². The highest BCUT2D eigenvalue weighted by atomic mass is 32.1. The Bertz CT molecular complexity index is 1230. The average Bonchev–Trinajstić information content (AvgIpc) is 3.18. The minimum absolute atomic E-state index is 0.0845. The van der Waals surface area contributed by atoms with E-state index >= 15 is 0 Å². The zero-order valence-electron chi connectivity index (χ0n) is 18.8. The van der Waals surface area contributed by atoms with E-state index in [1.165, 1.54) is 5.56 Å². The number of anilines is 1. The summed E-state index contributed by atoms with van der Waals surface area (Å²) in [6.45, 7) is 5.43. The minimum Gasteiger partial charge on any atom is -0.457 e. The number of nitrogens with zero attached hydrogens (tertiary/aromatic N) is 3. The SMILES string of the molecule is Cc1cc(C)c2nc(N(CCN(C)C)C(=O)c3cccc(Oc4ccccc4)c3)sc2c1. The third-order valence-electron chi connectivity index (χ3n) is 5.13. The van der Waals surface area contributed by atoms with Crippen molar-refractivity contribution < 1.29 is 9.53 Å². The molecule has 0 spiro atoms.